The number of hydrogen-bond acceptors (Lipinski definition) is 2. The van der Waals surface area contributed by atoms with Crippen LogP contribution in [0, 0.1) is 5.82 Å². The molecule has 17 heavy (non-hydrogen) atoms. The number of hydrogen-bond donors (Lipinski definition) is 1. The number of rotatable bonds is 3. The van der Waals surface area contributed by atoms with Crippen molar-refractivity contribution in [3.05, 3.63) is 58.8 Å². The molecule has 1 unspecified atom stereocenters. The minimum absolute atomic E-state index is 0.297. The molecular formula is C13H12ClFO2. The average molecular weight is 255 g/mol. The highest BCUT2D eigenvalue weighted by Gasteiger charge is 2.25. The lowest BCUT2D eigenvalue weighted by Gasteiger charge is -2.22. The first-order valence-corrected chi connectivity index (χ1v) is 5.56. The molecule has 0 aliphatic carbocycles. The largest absolute Gasteiger partial charge is 0.472 e. The molecule has 1 aromatic carbocycles. The molecule has 0 aliphatic rings. The number of benzene rings is 1. The normalized spacial score (nSPS) is 14.6. The van der Waals surface area contributed by atoms with E-state index in [2.05, 4.69) is 0 Å². The Morgan fingerprint density at radius 3 is 2.76 bits per heavy atom. The van der Waals surface area contributed by atoms with Gasteiger partial charge in [-0.25, -0.2) is 4.39 Å². The van der Waals surface area contributed by atoms with Crippen LogP contribution in [0.1, 0.15) is 18.1 Å². The smallest absolute Gasteiger partial charge is 0.124 e. The molecule has 1 heterocycles. The fourth-order valence-corrected chi connectivity index (χ4v) is 1.94. The summed E-state index contributed by atoms with van der Waals surface area (Å²) in [5.41, 5.74) is 0.270. The summed E-state index contributed by atoms with van der Waals surface area (Å²) in [5, 5.41) is 10.6. The molecule has 1 aromatic heterocycles. The molecule has 0 spiro atoms. The van der Waals surface area contributed by atoms with Gasteiger partial charge in [0, 0.05) is 17.0 Å². The second-order valence-electron chi connectivity index (χ2n) is 4.20. The monoisotopic (exact) mass is 254 g/mol. The van der Waals surface area contributed by atoms with Crippen LogP contribution in [-0.4, -0.2) is 5.11 Å². The minimum Gasteiger partial charge on any atom is -0.472 e. The minimum atomic E-state index is -1.09. The van der Waals surface area contributed by atoms with Crippen LogP contribution in [0.15, 0.2) is 41.2 Å². The number of furan rings is 1. The van der Waals surface area contributed by atoms with Gasteiger partial charge in [0.05, 0.1) is 18.1 Å². The highest BCUT2D eigenvalue weighted by Crippen LogP contribution is 2.29. The van der Waals surface area contributed by atoms with Crippen molar-refractivity contribution in [2.75, 3.05) is 0 Å². The summed E-state index contributed by atoms with van der Waals surface area (Å²) >= 11 is 5.92. The third kappa shape index (κ3) is 2.68. The molecule has 2 rings (SSSR count). The summed E-state index contributed by atoms with van der Waals surface area (Å²) in [6.07, 6.45) is 3.28. The van der Waals surface area contributed by atoms with Crippen LogP contribution in [0.3, 0.4) is 0 Å². The van der Waals surface area contributed by atoms with Gasteiger partial charge in [-0.15, -0.1) is 0 Å². The van der Waals surface area contributed by atoms with Gasteiger partial charge in [-0.05, 0) is 30.7 Å². The molecule has 0 aliphatic heterocycles. The maximum Gasteiger partial charge on any atom is 0.124 e. The summed E-state index contributed by atoms with van der Waals surface area (Å²) in [6.45, 7) is 1.66. The fraction of sp³-hybridized carbons (Fsp3) is 0.231. The SMILES string of the molecule is CC(O)(Cc1ccc(F)cc1Cl)c1ccoc1. The lowest BCUT2D eigenvalue weighted by atomic mass is 9.91. The second kappa shape index (κ2) is 4.51. The fourth-order valence-electron chi connectivity index (χ4n) is 1.71. The van der Waals surface area contributed by atoms with Gasteiger partial charge < -0.3 is 9.52 Å². The first-order chi connectivity index (χ1) is 7.99. The Kier molecular flexibility index (Phi) is 3.22. The van der Waals surface area contributed by atoms with Crippen molar-refractivity contribution in [3.8, 4) is 0 Å². The van der Waals surface area contributed by atoms with Gasteiger partial charge >= 0.3 is 0 Å². The van der Waals surface area contributed by atoms with Gasteiger partial charge in [0.2, 0.25) is 0 Å². The van der Waals surface area contributed by atoms with Gasteiger partial charge in [-0.3, -0.25) is 0 Å². The van der Waals surface area contributed by atoms with Crippen molar-refractivity contribution in [2.45, 2.75) is 18.9 Å². The zero-order valence-corrected chi connectivity index (χ0v) is 10.0. The molecule has 2 aromatic rings. The van der Waals surface area contributed by atoms with E-state index in [0.29, 0.717) is 22.6 Å². The van der Waals surface area contributed by atoms with E-state index in [1.54, 1.807) is 19.1 Å². The van der Waals surface area contributed by atoms with Crippen molar-refractivity contribution in [2.24, 2.45) is 0 Å². The quantitative estimate of drug-likeness (QED) is 0.909. The van der Waals surface area contributed by atoms with Gasteiger partial charge in [-0.2, -0.15) is 0 Å². The third-order valence-corrected chi connectivity index (χ3v) is 3.04. The van der Waals surface area contributed by atoms with E-state index in [1.165, 1.54) is 24.7 Å². The van der Waals surface area contributed by atoms with Crippen LogP contribution < -0.4 is 0 Å². The third-order valence-electron chi connectivity index (χ3n) is 2.69. The van der Waals surface area contributed by atoms with Crippen molar-refractivity contribution in [3.63, 3.8) is 0 Å². The van der Waals surface area contributed by atoms with Crippen LogP contribution in [0.2, 0.25) is 5.02 Å². The highest BCUT2D eigenvalue weighted by atomic mass is 35.5. The van der Waals surface area contributed by atoms with Crippen molar-refractivity contribution in [1.29, 1.82) is 0 Å². The summed E-state index contributed by atoms with van der Waals surface area (Å²) < 4.78 is 17.8. The van der Waals surface area contributed by atoms with Crippen LogP contribution in [0.4, 0.5) is 4.39 Å². The predicted molar refractivity (Wildman–Crippen MR) is 63.4 cm³/mol. The summed E-state index contributed by atoms with van der Waals surface area (Å²) in [7, 11) is 0. The molecule has 4 heteroatoms. The van der Waals surface area contributed by atoms with Crippen LogP contribution in [0.25, 0.3) is 0 Å². The van der Waals surface area contributed by atoms with E-state index in [1.807, 2.05) is 0 Å². The van der Waals surface area contributed by atoms with Crippen molar-refractivity contribution >= 4 is 11.6 Å². The van der Waals surface area contributed by atoms with Crippen LogP contribution in [-0.2, 0) is 12.0 Å². The van der Waals surface area contributed by atoms with E-state index in [4.69, 9.17) is 16.0 Å². The number of halogens is 2. The lowest BCUT2D eigenvalue weighted by molar-refractivity contribution is 0.0570. The highest BCUT2D eigenvalue weighted by molar-refractivity contribution is 6.31. The lowest BCUT2D eigenvalue weighted by Crippen LogP contribution is -2.23. The Hall–Kier alpha value is -1.32. The van der Waals surface area contributed by atoms with E-state index < -0.39 is 5.60 Å². The first-order valence-electron chi connectivity index (χ1n) is 5.18. The van der Waals surface area contributed by atoms with E-state index >= 15 is 0 Å². The molecular weight excluding hydrogens is 243 g/mol. The Bertz CT molecular complexity index is 506. The van der Waals surface area contributed by atoms with Crippen LogP contribution in [0.5, 0.6) is 0 Å². The van der Waals surface area contributed by atoms with E-state index in [0.717, 1.165) is 0 Å². The average Bonchev–Trinajstić information content (AvgIpc) is 2.76. The Balaban J connectivity index is 2.26. The second-order valence-corrected chi connectivity index (χ2v) is 4.61. The standard InChI is InChI=1S/C13H12ClFO2/c1-13(16,10-4-5-17-8-10)7-9-2-3-11(15)6-12(9)14/h2-6,8,16H,7H2,1H3. The molecule has 0 amide bonds. The number of aliphatic hydroxyl groups is 1. The van der Waals surface area contributed by atoms with Crippen molar-refractivity contribution in [1.82, 2.24) is 0 Å². The van der Waals surface area contributed by atoms with E-state index in [9.17, 15) is 9.50 Å². The summed E-state index contributed by atoms with van der Waals surface area (Å²) in [6, 6.07) is 5.83. The zero-order chi connectivity index (χ0) is 12.5. The Morgan fingerprint density at radius 2 is 2.18 bits per heavy atom. The van der Waals surface area contributed by atoms with Gasteiger partial charge in [-0.1, -0.05) is 17.7 Å². The molecule has 90 valence electrons. The Labute approximate surface area is 104 Å². The Morgan fingerprint density at radius 1 is 1.41 bits per heavy atom. The topological polar surface area (TPSA) is 33.4 Å². The maximum atomic E-state index is 12.9. The molecule has 0 fully saturated rings. The molecule has 0 bridgehead atoms. The van der Waals surface area contributed by atoms with Crippen LogP contribution >= 0.6 is 11.6 Å². The predicted octanol–water partition coefficient (Wildman–Crippen LogP) is 3.52. The summed E-state index contributed by atoms with van der Waals surface area (Å²) in [4.78, 5) is 0. The molecule has 1 N–H and O–H groups in total. The zero-order valence-electron chi connectivity index (χ0n) is 9.28. The molecule has 0 radical (unpaired) electrons. The van der Waals surface area contributed by atoms with Gasteiger partial charge in [0.25, 0.3) is 0 Å². The van der Waals surface area contributed by atoms with Gasteiger partial charge in [0.1, 0.15) is 5.82 Å². The maximum absolute atomic E-state index is 12.9. The molecule has 1 atom stereocenters. The summed E-state index contributed by atoms with van der Waals surface area (Å²) in [5.74, 6) is -0.387. The molecule has 0 saturated carbocycles. The van der Waals surface area contributed by atoms with Crippen molar-refractivity contribution < 1.29 is 13.9 Å². The van der Waals surface area contributed by atoms with E-state index in [-0.39, 0.29) is 5.82 Å². The van der Waals surface area contributed by atoms with Gasteiger partial charge in [0.15, 0.2) is 0 Å². The molecule has 0 saturated heterocycles. The molecule has 2 nitrogen and oxygen atoms in total. The first kappa shape index (κ1) is 12.1.